The number of carbonyl (C=O) groups is 1. The highest BCUT2D eigenvalue weighted by Crippen LogP contribution is 2.37. The molecule has 3 rings (SSSR count). The lowest BCUT2D eigenvalue weighted by molar-refractivity contribution is -0.384. The maximum absolute atomic E-state index is 12.7. The van der Waals surface area contributed by atoms with Crippen LogP contribution in [-0.4, -0.2) is 17.9 Å². The zero-order chi connectivity index (χ0) is 25.5. The fourth-order valence-electron chi connectivity index (χ4n) is 3.34. The van der Waals surface area contributed by atoms with Gasteiger partial charge >= 0.3 is 0 Å². The molecule has 0 aliphatic carbocycles. The molecule has 0 unspecified atom stereocenters. The van der Waals surface area contributed by atoms with E-state index in [1.165, 1.54) is 31.4 Å². The Labute approximate surface area is 207 Å². The highest BCUT2D eigenvalue weighted by Gasteiger charge is 2.16. The minimum Gasteiger partial charge on any atom is -0.493 e. The van der Waals surface area contributed by atoms with Gasteiger partial charge in [-0.05, 0) is 54.8 Å². The summed E-state index contributed by atoms with van der Waals surface area (Å²) >= 11 is 6.41. The Morgan fingerprint density at radius 3 is 2.63 bits per heavy atom. The van der Waals surface area contributed by atoms with Crippen molar-refractivity contribution in [1.29, 1.82) is 5.26 Å². The van der Waals surface area contributed by atoms with Crippen LogP contribution in [0.5, 0.6) is 11.5 Å². The average molecular weight is 492 g/mol. The largest absolute Gasteiger partial charge is 0.493 e. The first-order chi connectivity index (χ1) is 16.7. The van der Waals surface area contributed by atoms with Crippen molar-refractivity contribution in [2.45, 2.75) is 20.5 Å². The van der Waals surface area contributed by atoms with Gasteiger partial charge in [0.25, 0.3) is 11.6 Å². The number of non-ortho nitro benzene ring substituents is 1. The second-order valence-electron chi connectivity index (χ2n) is 7.69. The van der Waals surface area contributed by atoms with Crippen LogP contribution in [0, 0.1) is 35.3 Å². The third-order valence-corrected chi connectivity index (χ3v) is 5.34. The fraction of sp³-hybridized carbons (Fsp3) is 0.154. The number of hydrogen-bond donors (Lipinski definition) is 1. The number of nitrogens with zero attached hydrogens (tertiary/aromatic N) is 2. The molecule has 178 valence electrons. The number of halogens is 1. The van der Waals surface area contributed by atoms with Gasteiger partial charge in [0.05, 0.1) is 17.1 Å². The number of nitro groups is 1. The van der Waals surface area contributed by atoms with Crippen molar-refractivity contribution in [3.05, 3.63) is 97.6 Å². The number of carbonyl (C=O) groups excluding carboxylic acids is 1. The van der Waals surface area contributed by atoms with Crippen LogP contribution >= 0.6 is 11.6 Å². The Bertz CT molecular complexity index is 1360. The van der Waals surface area contributed by atoms with E-state index in [1.807, 2.05) is 32.0 Å². The summed E-state index contributed by atoms with van der Waals surface area (Å²) in [6, 6.07) is 16.7. The Morgan fingerprint density at radius 1 is 1.20 bits per heavy atom. The van der Waals surface area contributed by atoms with E-state index >= 15 is 0 Å². The van der Waals surface area contributed by atoms with E-state index in [-0.39, 0.29) is 34.4 Å². The van der Waals surface area contributed by atoms with Crippen molar-refractivity contribution in [2.75, 3.05) is 12.4 Å². The maximum Gasteiger partial charge on any atom is 0.269 e. The summed E-state index contributed by atoms with van der Waals surface area (Å²) in [5, 5.41) is 23.5. The van der Waals surface area contributed by atoms with E-state index in [0.717, 1.165) is 11.1 Å². The number of ether oxygens (including phenoxy) is 2. The molecule has 0 saturated carbocycles. The van der Waals surface area contributed by atoms with Gasteiger partial charge in [0.2, 0.25) is 0 Å². The van der Waals surface area contributed by atoms with E-state index < -0.39 is 10.8 Å². The van der Waals surface area contributed by atoms with Crippen molar-refractivity contribution in [1.82, 2.24) is 0 Å². The number of hydrogen-bond acceptors (Lipinski definition) is 6. The number of amides is 1. The minimum absolute atomic E-state index is 0.0225. The van der Waals surface area contributed by atoms with Crippen LogP contribution in [0.25, 0.3) is 6.08 Å². The molecule has 0 aromatic heterocycles. The molecule has 9 heteroatoms. The molecule has 0 bridgehead atoms. The zero-order valence-corrected chi connectivity index (χ0v) is 20.1. The quantitative estimate of drug-likeness (QED) is 0.179. The molecule has 0 saturated heterocycles. The van der Waals surface area contributed by atoms with E-state index in [4.69, 9.17) is 21.1 Å². The molecule has 0 aliphatic rings. The minimum atomic E-state index is -0.555. The second kappa shape index (κ2) is 11.2. The summed E-state index contributed by atoms with van der Waals surface area (Å²) in [5.74, 6) is -0.0436. The van der Waals surface area contributed by atoms with Gasteiger partial charge in [-0.3, -0.25) is 14.9 Å². The van der Waals surface area contributed by atoms with Crippen molar-refractivity contribution < 1.29 is 19.2 Å². The Kier molecular flexibility index (Phi) is 8.08. The second-order valence-corrected chi connectivity index (χ2v) is 8.10. The molecule has 0 atom stereocenters. The smallest absolute Gasteiger partial charge is 0.269 e. The lowest BCUT2D eigenvalue weighted by atomic mass is 10.1. The fourth-order valence-corrected chi connectivity index (χ4v) is 3.61. The Morgan fingerprint density at radius 2 is 1.97 bits per heavy atom. The van der Waals surface area contributed by atoms with E-state index in [1.54, 1.807) is 24.3 Å². The van der Waals surface area contributed by atoms with Crippen LogP contribution in [0.3, 0.4) is 0 Å². The number of nitriles is 1. The number of benzene rings is 3. The number of nitro benzene ring substituents is 1. The molecule has 0 spiro atoms. The molecule has 0 radical (unpaired) electrons. The summed E-state index contributed by atoms with van der Waals surface area (Å²) in [4.78, 5) is 23.2. The van der Waals surface area contributed by atoms with Crippen LogP contribution in [0.4, 0.5) is 11.4 Å². The van der Waals surface area contributed by atoms with Gasteiger partial charge < -0.3 is 14.8 Å². The van der Waals surface area contributed by atoms with Gasteiger partial charge in [0.15, 0.2) is 11.5 Å². The van der Waals surface area contributed by atoms with Crippen molar-refractivity contribution in [3.63, 3.8) is 0 Å². The van der Waals surface area contributed by atoms with E-state index in [0.29, 0.717) is 16.8 Å². The Balaban J connectivity index is 1.82. The van der Waals surface area contributed by atoms with Crippen LogP contribution in [0.2, 0.25) is 5.02 Å². The normalized spacial score (nSPS) is 10.9. The maximum atomic E-state index is 12.7. The average Bonchev–Trinajstić information content (AvgIpc) is 2.83. The van der Waals surface area contributed by atoms with E-state index in [9.17, 15) is 20.2 Å². The van der Waals surface area contributed by atoms with Crippen LogP contribution in [-0.2, 0) is 11.4 Å². The molecule has 1 amide bonds. The molecule has 0 aliphatic heterocycles. The van der Waals surface area contributed by atoms with Crippen LogP contribution < -0.4 is 14.8 Å². The molecule has 0 heterocycles. The van der Waals surface area contributed by atoms with Crippen molar-refractivity contribution in [2.24, 2.45) is 0 Å². The first-order valence-corrected chi connectivity index (χ1v) is 10.8. The predicted molar refractivity (Wildman–Crippen MR) is 134 cm³/mol. The first-order valence-electron chi connectivity index (χ1n) is 10.5. The Hall–Kier alpha value is -4.35. The summed E-state index contributed by atoms with van der Waals surface area (Å²) in [6.07, 6.45) is 1.40. The first kappa shape index (κ1) is 25.3. The number of rotatable bonds is 8. The highest BCUT2D eigenvalue weighted by atomic mass is 35.5. The summed E-state index contributed by atoms with van der Waals surface area (Å²) < 4.78 is 11.2. The molecular formula is C26H22ClN3O5. The lowest BCUT2D eigenvalue weighted by Crippen LogP contribution is -2.14. The third-order valence-electron chi connectivity index (χ3n) is 5.06. The standard InChI is InChI=1S/C26H22ClN3O5/c1-16-7-8-23(17(2)9-16)29-26(31)20(14-28)10-19-12-22(27)25(24(13-19)34-3)35-15-18-5-4-6-21(11-18)30(32)33/h4-13H,15H2,1-3H3,(H,29,31)/b20-10+. The van der Waals surface area contributed by atoms with Gasteiger partial charge in [-0.2, -0.15) is 5.26 Å². The van der Waals surface area contributed by atoms with Gasteiger partial charge in [-0.25, -0.2) is 0 Å². The molecule has 3 aromatic rings. The zero-order valence-electron chi connectivity index (χ0n) is 19.3. The molecule has 35 heavy (non-hydrogen) atoms. The van der Waals surface area contributed by atoms with Crippen molar-refractivity contribution in [3.8, 4) is 17.6 Å². The van der Waals surface area contributed by atoms with Crippen LogP contribution in [0.1, 0.15) is 22.3 Å². The topological polar surface area (TPSA) is 114 Å². The summed E-state index contributed by atoms with van der Waals surface area (Å²) in [6.45, 7) is 3.84. The summed E-state index contributed by atoms with van der Waals surface area (Å²) in [5.41, 5.74) is 3.43. The van der Waals surface area contributed by atoms with Gasteiger partial charge in [-0.15, -0.1) is 0 Å². The SMILES string of the molecule is COc1cc(/C=C(\C#N)C(=O)Nc2ccc(C)cc2C)cc(Cl)c1OCc1cccc([N+](=O)[O-])c1. The predicted octanol–water partition coefficient (Wildman–Crippen LogP) is 6.00. The van der Waals surface area contributed by atoms with Crippen molar-refractivity contribution >= 4 is 35.0 Å². The lowest BCUT2D eigenvalue weighted by Gasteiger charge is -2.14. The molecular weight excluding hydrogens is 470 g/mol. The van der Waals surface area contributed by atoms with Gasteiger partial charge in [-0.1, -0.05) is 41.4 Å². The summed E-state index contributed by atoms with van der Waals surface area (Å²) in [7, 11) is 1.43. The number of aryl methyl sites for hydroxylation is 2. The van der Waals surface area contributed by atoms with Crippen LogP contribution in [0.15, 0.2) is 60.2 Å². The van der Waals surface area contributed by atoms with Gasteiger partial charge in [0, 0.05) is 17.8 Å². The molecule has 8 nitrogen and oxygen atoms in total. The van der Waals surface area contributed by atoms with Gasteiger partial charge in [0.1, 0.15) is 18.2 Å². The molecule has 3 aromatic carbocycles. The number of nitrogens with one attached hydrogen (secondary N) is 1. The number of methoxy groups -OCH3 is 1. The number of anilines is 1. The monoisotopic (exact) mass is 491 g/mol. The third kappa shape index (κ3) is 6.37. The highest BCUT2D eigenvalue weighted by molar-refractivity contribution is 6.32. The molecule has 0 fully saturated rings. The van der Waals surface area contributed by atoms with E-state index in [2.05, 4.69) is 5.32 Å². The molecule has 1 N–H and O–H groups in total.